The molecule has 5 fully saturated rings. The van der Waals surface area contributed by atoms with E-state index < -0.39 is 30.7 Å². The highest BCUT2D eigenvalue weighted by Crippen LogP contribution is 2.68. The van der Waals surface area contributed by atoms with E-state index in [9.17, 15) is 20.4 Å². The van der Waals surface area contributed by atoms with Gasteiger partial charge >= 0.3 is 0 Å². The van der Waals surface area contributed by atoms with Crippen LogP contribution < -0.4 is 5.73 Å². The molecule has 6 N–H and O–H groups in total. The summed E-state index contributed by atoms with van der Waals surface area (Å²) in [6, 6.07) is 0. The average molecular weight is 482 g/mol. The summed E-state index contributed by atoms with van der Waals surface area (Å²) in [5.41, 5.74) is 7.40. The van der Waals surface area contributed by atoms with E-state index in [-0.39, 0.29) is 28.6 Å². The van der Waals surface area contributed by atoms with Crippen molar-refractivity contribution in [2.24, 2.45) is 40.2 Å². The summed E-state index contributed by atoms with van der Waals surface area (Å²) in [5.74, 6) is 1.95. The second kappa shape index (κ2) is 8.64. The SMILES string of the molecule is C[C@H](O)[C@H]1CC[C@]2(N)[C@@H]3CC[C@@H]4C[C@@H](O[C@@H]5O[C@@H](C)[C@H](O)[C@@H](O)[C@H]5O)CC[C@]4(C)[C@H]3CC[C@]12C. The van der Waals surface area contributed by atoms with Crippen LogP contribution in [0.15, 0.2) is 0 Å². The fourth-order valence-electron chi connectivity index (χ4n) is 9.54. The van der Waals surface area contributed by atoms with Crippen molar-refractivity contribution in [2.75, 3.05) is 0 Å². The Morgan fingerprint density at radius 2 is 1.65 bits per heavy atom. The minimum absolute atomic E-state index is 0.0163. The van der Waals surface area contributed by atoms with Gasteiger partial charge in [0.05, 0.1) is 18.3 Å². The van der Waals surface area contributed by atoms with E-state index in [4.69, 9.17) is 15.2 Å². The van der Waals surface area contributed by atoms with Gasteiger partial charge in [-0.05, 0) is 106 Å². The molecule has 196 valence electrons. The third kappa shape index (κ3) is 3.56. The molecule has 5 aliphatic rings. The van der Waals surface area contributed by atoms with Crippen molar-refractivity contribution in [3.8, 4) is 0 Å². The lowest BCUT2D eigenvalue weighted by molar-refractivity contribution is -0.309. The lowest BCUT2D eigenvalue weighted by Crippen LogP contribution is -2.67. The van der Waals surface area contributed by atoms with Crippen molar-refractivity contribution < 1.29 is 29.9 Å². The van der Waals surface area contributed by atoms with Crippen LogP contribution in [0.4, 0.5) is 0 Å². The van der Waals surface area contributed by atoms with Crippen LogP contribution in [0.2, 0.25) is 0 Å². The van der Waals surface area contributed by atoms with Gasteiger partial charge < -0.3 is 35.6 Å². The normalized spacial score (nSPS) is 58.5. The molecule has 34 heavy (non-hydrogen) atoms. The molecule has 1 heterocycles. The van der Waals surface area contributed by atoms with Crippen LogP contribution in [0.3, 0.4) is 0 Å². The smallest absolute Gasteiger partial charge is 0.186 e. The van der Waals surface area contributed by atoms with Crippen molar-refractivity contribution in [1.82, 2.24) is 0 Å². The van der Waals surface area contributed by atoms with E-state index in [1.165, 1.54) is 6.42 Å². The predicted molar refractivity (Wildman–Crippen MR) is 128 cm³/mol. The summed E-state index contributed by atoms with van der Waals surface area (Å²) in [7, 11) is 0. The maximum absolute atomic E-state index is 10.5. The molecule has 0 spiro atoms. The number of hydrogen-bond donors (Lipinski definition) is 5. The monoisotopic (exact) mass is 481 g/mol. The number of ether oxygens (including phenoxy) is 2. The lowest BCUT2D eigenvalue weighted by Gasteiger charge is -2.64. The van der Waals surface area contributed by atoms with E-state index >= 15 is 0 Å². The summed E-state index contributed by atoms with van der Waals surface area (Å²) in [4.78, 5) is 0. The predicted octanol–water partition coefficient (Wildman–Crippen LogP) is 2.32. The van der Waals surface area contributed by atoms with Gasteiger partial charge in [0.25, 0.3) is 0 Å². The number of aliphatic hydroxyl groups excluding tert-OH is 4. The molecule has 14 atom stereocenters. The second-order valence-electron chi connectivity index (χ2n) is 13.1. The van der Waals surface area contributed by atoms with Gasteiger partial charge in [-0.25, -0.2) is 0 Å². The Hall–Kier alpha value is -0.280. The van der Waals surface area contributed by atoms with Crippen molar-refractivity contribution in [1.29, 1.82) is 0 Å². The van der Waals surface area contributed by atoms with Crippen LogP contribution >= 0.6 is 0 Å². The quantitative estimate of drug-likeness (QED) is 0.392. The number of rotatable bonds is 3. The van der Waals surface area contributed by atoms with Gasteiger partial charge in [-0.2, -0.15) is 0 Å². The van der Waals surface area contributed by atoms with Gasteiger partial charge in [0.1, 0.15) is 18.3 Å². The zero-order valence-electron chi connectivity index (χ0n) is 21.4. The Kier molecular flexibility index (Phi) is 6.45. The largest absolute Gasteiger partial charge is 0.393 e. The van der Waals surface area contributed by atoms with E-state index in [2.05, 4.69) is 13.8 Å². The van der Waals surface area contributed by atoms with Crippen molar-refractivity contribution >= 4 is 0 Å². The van der Waals surface area contributed by atoms with Crippen molar-refractivity contribution in [3.05, 3.63) is 0 Å². The Bertz CT molecular complexity index is 765. The average Bonchev–Trinajstić information content (AvgIpc) is 3.07. The molecule has 7 heteroatoms. The van der Waals surface area contributed by atoms with Crippen LogP contribution in [0.5, 0.6) is 0 Å². The molecule has 0 aromatic carbocycles. The number of hydrogen-bond acceptors (Lipinski definition) is 7. The molecular formula is C27H47NO6. The molecule has 0 unspecified atom stereocenters. The van der Waals surface area contributed by atoms with E-state index in [0.717, 1.165) is 51.4 Å². The minimum Gasteiger partial charge on any atom is -0.393 e. The first-order valence-electron chi connectivity index (χ1n) is 13.7. The van der Waals surface area contributed by atoms with Gasteiger partial charge in [0, 0.05) is 5.54 Å². The van der Waals surface area contributed by atoms with E-state index in [1.54, 1.807) is 6.92 Å². The van der Waals surface area contributed by atoms with Crippen LogP contribution in [-0.2, 0) is 9.47 Å². The van der Waals surface area contributed by atoms with Crippen LogP contribution in [0, 0.1) is 34.5 Å². The number of aliphatic hydroxyl groups is 4. The molecule has 0 radical (unpaired) electrons. The molecule has 5 rings (SSSR count). The molecule has 0 aromatic rings. The molecule has 0 aromatic heterocycles. The summed E-state index contributed by atoms with van der Waals surface area (Å²) in [5, 5.41) is 41.0. The van der Waals surface area contributed by atoms with Gasteiger partial charge in [-0.3, -0.25) is 0 Å². The van der Waals surface area contributed by atoms with Gasteiger partial charge in [-0.15, -0.1) is 0 Å². The molecule has 4 aliphatic carbocycles. The van der Waals surface area contributed by atoms with Gasteiger partial charge in [0.2, 0.25) is 0 Å². The molecule has 1 saturated heterocycles. The highest BCUT2D eigenvalue weighted by Gasteiger charge is 2.66. The standard InChI is InChI=1S/C27H47NO6/c1-14(29)18-9-12-27(28)20-6-5-16-13-17(34-24-23(32)22(31)21(30)15(2)33-24)7-10-25(16,3)19(20)8-11-26(18,27)4/h14-24,29-32H,5-13,28H2,1-4H3/t14-,15-,16+,17-,18+,19-,20+,21-,22+,23+,24-,25-,26+,27-/m0/s1. The Balaban J connectivity index is 1.29. The molecule has 1 aliphatic heterocycles. The number of nitrogens with two attached hydrogens (primary N) is 1. The maximum Gasteiger partial charge on any atom is 0.186 e. The molecule has 4 saturated carbocycles. The van der Waals surface area contributed by atoms with Crippen LogP contribution in [-0.4, -0.2) is 68.9 Å². The van der Waals surface area contributed by atoms with Crippen LogP contribution in [0.1, 0.15) is 85.5 Å². The highest BCUT2D eigenvalue weighted by molar-refractivity contribution is 5.19. The molecular weight excluding hydrogens is 434 g/mol. The Morgan fingerprint density at radius 1 is 0.912 bits per heavy atom. The zero-order chi connectivity index (χ0) is 24.6. The Morgan fingerprint density at radius 3 is 2.35 bits per heavy atom. The van der Waals surface area contributed by atoms with E-state index in [1.807, 2.05) is 6.92 Å². The topological polar surface area (TPSA) is 125 Å². The highest BCUT2D eigenvalue weighted by atomic mass is 16.7. The first kappa shape index (κ1) is 25.4. The molecule has 0 bridgehead atoms. The first-order chi connectivity index (χ1) is 15.9. The van der Waals surface area contributed by atoms with E-state index in [0.29, 0.717) is 23.7 Å². The van der Waals surface area contributed by atoms with Crippen LogP contribution in [0.25, 0.3) is 0 Å². The van der Waals surface area contributed by atoms with Gasteiger partial charge in [-0.1, -0.05) is 13.8 Å². The van der Waals surface area contributed by atoms with Gasteiger partial charge in [0.15, 0.2) is 6.29 Å². The third-order valence-electron chi connectivity index (χ3n) is 11.7. The Labute approximate surface area is 204 Å². The third-order valence-corrected chi connectivity index (χ3v) is 11.7. The number of fused-ring (bicyclic) bond motifs is 5. The second-order valence-corrected chi connectivity index (χ2v) is 13.1. The minimum atomic E-state index is -1.26. The summed E-state index contributed by atoms with van der Waals surface area (Å²) in [6.45, 7) is 8.47. The lowest BCUT2D eigenvalue weighted by atomic mass is 9.42. The molecule has 0 amide bonds. The molecule has 7 nitrogen and oxygen atoms in total. The fraction of sp³-hybridized carbons (Fsp3) is 1.00. The maximum atomic E-state index is 10.5. The summed E-state index contributed by atoms with van der Waals surface area (Å²) >= 11 is 0. The first-order valence-corrected chi connectivity index (χ1v) is 13.7. The van der Waals surface area contributed by atoms with Crippen molar-refractivity contribution in [3.63, 3.8) is 0 Å². The summed E-state index contributed by atoms with van der Waals surface area (Å²) < 4.78 is 11.9. The van der Waals surface area contributed by atoms with Crippen molar-refractivity contribution in [2.45, 2.75) is 134 Å². The fourth-order valence-corrected chi connectivity index (χ4v) is 9.54. The summed E-state index contributed by atoms with van der Waals surface area (Å²) in [6.07, 6.45) is 4.12. The zero-order valence-corrected chi connectivity index (χ0v) is 21.4.